The third-order valence-electron chi connectivity index (χ3n) is 7.11. The summed E-state index contributed by atoms with van der Waals surface area (Å²) in [4.78, 5) is 14.9. The summed E-state index contributed by atoms with van der Waals surface area (Å²) in [6, 6.07) is 10.2. The maximum absolute atomic E-state index is 12.6. The van der Waals surface area contributed by atoms with Crippen LogP contribution in [0.25, 0.3) is 0 Å². The molecule has 0 radical (unpaired) electrons. The highest BCUT2D eigenvalue weighted by Crippen LogP contribution is 2.52. The molecule has 2 aromatic rings. The highest BCUT2D eigenvalue weighted by Gasteiger charge is 2.48. The van der Waals surface area contributed by atoms with E-state index in [1.807, 2.05) is 0 Å². The summed E-state index contributed by atoms with van der Waals surface area (Å²) < 4.78 is 36.3. The van der Waals surface area contributed by atoms with E-state index >= 15 is 0 Å². The molecule has 0 N–H and O–H groups in total. The van der Waals surface area contributed by atoms with E-state index < -0.39 is 10.0 Å². The van der Waals surface area contributed by atoms with Gasteiger partial charge in [-0.1, -0.05) is 24.3 Å². The minimum atomic E-state index is -3.14. The van der Waals surface area contributed by atoms with Gasteiger partial charge in [-0.2, -0.15) is 0 Å². The highest BCUT2D eigenvalue weighted by atomic mass is 32.2. The molecule has 3 heterocycles. The van der Waals surface area contributed by atoms with E-state index in [1.54, 1.807) is 6.07 Å². The molecule has 1 aromatic carbocycles. The fourth-order valence-electron chi connectivity index (χ4n) is 5.14. The van der Waals surface area contributed by atoms with Crippen molar-refractivity contribution in [3.05, 3.63) is 63.7 Å². The lowest BCUT2D eigenvalue weighted by Gasteiger charge is -2.34. The maximum atomic E-state index is 12.6. The van der Waals surface area contributed by atoms with E-state index in [2.05, 4.69) is 29.2 Å². The number of sulfonamides is 1. The van der Waals surface area contributed by atoms with Crippen LogP contribution in [0.2, 0.25) is 0 Å². The van der Waals surface area contributed by atoms with Crippen molar-refractivity contribution in [1.82, 2.24) is 9.21 Å². The molecule has 32 heavy (non-hydrogen) atoms. The Balaban J connectivity index is 1.17. The van der Waals surface area contributed by atoms with E-state index in [-0.39, 0.29) is 22.5 Å². The van der Waals surface area contributed by atoms with Crippen LogP contribution >= 0.6 is 0 Å². The van der Waals surface area contributed by atoms with Crippen molar-refractivity contribution in [2.75, 3.05) is 32.5 Å². The lowest BCUT2D eigenvalue weighted by molar-refractivity contribution is 0.177. The molecule has 2 aliphatic heterocycles. The van der Waals surface area contributed by atoms with E-state index in [1.165, 1.54) is 40.8 Å². The molecule has 1 aromatic heterocycles. The first-order chi connectivity index (χ1) is 15.3. The van der Waals surface area contributed by atoms with Crippen molar-refractivity contribution in [2.45, 2.75) is 44.2 Å². The van der Waals surface area contributed by atoms with E-state index in [0.29, 0.717) is 32.0 Å². The van der Waals surface area contributed by atoms with E-state index in [9.17, 15) is 13.2 Å². The zero-order chi connectivity index (χ0) is 22.3. The van der Waals surface area contributed by atoms with Crippen molar-refractivity contribution in [1.29, 1.82) is 0 Å². The summed E-state index contributed by atoms with van der Waals surface area (Å²) in [6.45, 7) is 3.87. The molecule has 0 atom stereocenters. The van der Waals surface area contributed by atoms with Crippen molar-refractivity contribution in [3.8, 4) is 5.75 Å². The molecule has 5 rings (SSSR count). The van der Waals surface area contributed by atoms with Crippen LogP contribution in [-0.2, 0) is 28.5 Å². The number of hydrogen-bond donors (Lipinski definition) is 0. The molecule has 8 heteroatoms. The van der Waals surface area contributed by atoms with Gasteiger partial charge < -0.3 is 9.15 Å². The van der Waals surface area contributed by atoms with Crippen molar-refractivity contribution in [2.24, 2.45) is 5.92 Å². The molecular weight excluding hydrogens is 428 g/mol. The van der Waals surface area contributed by atoms with Crippen LogP contribution in [-0.4, -0.2) is 50.1 Å². The second-order valence-electron chi connectivity index (χ2n) is 9.57. The Bertz CT molecular complexity index is 1150. The summed E-state index contributed by atoms with van der Waals surface area (Å²) in [5.74, 6) is 1.11. The van der Waals surface area contributed by atoms with Crippen LogP contribution in [0.1, 0.15) is 42.6 Å². The highest BCUT2D eigenvalue weighted by molar-refractivity contribution is 7.88. The van der Waals surface area contributed by atoms with Crippen LogP contribution in [0.4, 0.5) is 0 Å². The third kappa shape index (κ3) is 4.49. The summed E-state index contributed by atoms with van der Waals surface area (Å²) >= 11 is 0. The predicted molar refractivity (Wildman–Crippen MR) is 121 cm³/mol. The van der Waals surface area contributed by atoms with E-state index in [4.69, 9.17) is 9.15 Å². The smallest absolute Gasteiger partial charge is 0.227 e. The number of hydrogen-bond acceptors (Lipinski definition) is 6. The molecule has 0 bridgehead atoms. The second-order valence-corrected chi connectivity index (χ2v) is 11.6. The van der Waals surface area contributed by atoms with Crippen LogP contribution in [0.5, 0.6) is 5.75 Å². The van der Waals surface area contributed by atoms with Gasteiger partial charge in [0.15, 0.2) is 0 Å². The van der Waals surface area contributed by atoms with Crippen molar-refractivity contribution < 1.29 is 17.6 Å². The largest absolute Gasteiger partial charge is 0.486 e. The van der Waals surface area contributed by atoms with Gasteiger partial charge in [-0.15, -0.1) is 0 Å². The molecule has 0 amide bonds. The van der Waals surface area contributed by atoms with Gasteiger partial charge in [-0.25, -0.2) is 12.7 Å². The number of rotatable bonds is 6. The summed E-state index contributed by atoms with van der Waals surface area (Å²) in [7, 11) is -3.14. The Labute approximate surface area is 189 Å². The number of benzene rings is 1. The first kappa shape index (κ1) is 21.7. The summed E-state index contributed by atoms with van der Waals surface area (Å²) in [5.41, 5.74) is 2.98. The Morgan fingerprint density at radius 3 is 2.62 bits per heavy atom. The second kappa shape index (κ2) is 8.32. The first-order valence-electron chi connectivity index (χ1n) is 11.3. The van der Waals surface area contributed by atoms with Crippen LogP contribution < -0.4 is 10.2 Å². The van der Waals surface area contributed by atoms with Gasteiger partial charge in [0.1, 0.15) is 12.0 Å². The number of fused-ring (bicyclic) bond motifs is 2. The Morgan fingerprint density at radius 1 is 1.19 bits per heavy atom. The maximum Gasteiger partial charge on any atom is 0.227 e. The van der Waals surface area contributed by atoms with Gasteiger partial charge >= 0.3 is 0 Å². The van der Waals surface area contributed by atoms with Crippen molar-refractivity contribution in [3.63, 3.8) is 0 Å². The normalized spacial score (nSPS) is 21.4. The number of piperidine rings is 1. The quantitative estimate of drug-likeness (QED) is 0.662. The fraction of sp³-hybridized carbons (Fsp3) is 0.542. The monoisotopic (exact) mass is 458 g/mol. The van der Waals surface area contributed by atoms with Gasteiger partial charge in [0.25, 0.3) is 0 Å². The SMILES string of the molecule is CS(=O)(=O)N1CCC(COc2coc(CN3Cc4ccccc4C4(CC4)C3)cc2=O)CC1. The van der Waals surface area contributed by atoms with Gasteiger partial charge in [0, 0.05) is 37.7 Å². The average molecular weight is 459 g/mol. The van der Waals surface area contributed by atoms with Gasteiger partial charge in [0.2, 0.25) is 21.2 Å². The first-order valence-corrected chi connectivity index (χ1v) is 13.2. The summed E-state index contributed by atoms with van der Waals surface area (Å²) in [6.07, 6.45) is 6.57. The Kier molecular flexibility index (Phi) is 5.63. The summed E-state index contributed by atoms with van der Waals surface area (Å²) in [5, 5.41) is 0. The Hall–Kier alpha value is -2.16. The average Bonchev–Trinajstić information content (AvgIpc) is 3.52. The lowest BCUT2D eigenvalue weighted by Crippen LogP contribution is -2.39. The van der Waals surface area contributed by atoms with Gasteiger partial charge in [-0.05, 0) is 42.7 Å². The zero-order valence-electron chi connectivity index (χ0n) is 18.5. The Morgan fingerprint density at radius 2 is 1.94 bits per heavy atom. The molecule has 3 aliphatic rings. The van der Waals surface area contributed by atoms with E-state index in [0.717, 1.165) is 25.9 Å². The van der Waals surface area contributed by atoms with Crippen LogP contribution in [0.3, 0.4) is 0 Å². The third-order valence-corrected chi connectivity index (χ3v) is 8.41. The van der Waals surface area contributed by atoms with Crippen LogP contribution in [0, 0.1) is 5.92 Å². The molecule has 7 nitrogen and oxygen atoms in total. The van der Waals surface area contributed by atoms with Crippen LogP contribution in [0.15, 0.2) is 45.8 Å². The molecule has 1 saturated carbocycles. The van der Waals surface area contributed by atoms with Gasteiger partial charge in [0.05, 0.1) is 19.4 Å². The number of ether oxygens (including phenoxy) is 1. The predicted octanol–water partition coefficient (Wildman–Crippen LogP) is 2.74. The van der Waals surface area contributed by atoms with Crippen molar-refractivity contribution >= 4 is 10.0 Å². The molecule has 0 unspecified atom stereocenters. The zero-order valence-corrected chi connectivity index (χ0v) is 19.3. The molecular formula is C24H30N2O5S. The van der Waals surface area contributed by atoms with Gasteiger partial charge in [-0.3, -0.25) is 9.69 Å². The molecule has 1 saturated heterocycles. The minimum Gasteiger partial charge on any atom is -0.486 e. The lowest BCUT2D eigenvalue weighted by atomic mass is 9.87. The molecule has 2 fully saturated rings. The fourth-order valence-corrected chi connectivity index (χ4v) is 6.01. The number of nitrogens with zero attached hydrogens (tertiary/aromatic N) is 2. The standard InChI is InChI=1S/C24H30N2O5S/c1-32(28,29)26-10-6-18(7-11-26)15-31-23-16-30-20(12-22(23)27)14-25-13-19-4-2-3-5-21(19)24(17-25)8-9-24/h2-5,12,16,18H,6-11,13-15,17H2,1H3. The topological polar surface area (TPSA) is 80.1 Å². The molecule has 1 aliphatic carbocycles. The molecule has 1 spiro atoms. The molecule has 172 valence electrons. The minimum absolute atomic E-state index is 0.168.